The second-order valence-electron chi connectivity index (χ2n) is 5.28. The minimum atomic E-state index is -0.898. The third kappa shape index (κ3) is 4.80. The lowest BCUT2D eigenvalue weighted by atomic mass is 9.93. The minimum absolute atomic E-state index is 0.0798. The van der Waals surface area contributed by atoms with Crippen LogP contribution in [0.15, 0.2) is 0 Å². The number of hydrogen-bond donors (Lipinski definition) is 3. The molecule has 19 heavy (non-hydrogen) atoms. The van der Waals surface area contributed by atoms with Crippen molar-refractivity contribution in [3.05, 3.63) is 15.6 Å². The van der Waals surface area contributed by atoms with E-state index < -0.39 is 5.60 Å². The fraction of sp³-hybridized carbons (Fsp3) is 0.692. The second kappa shape index (κ2) is 6.34. The van der Waals surface area contributed by atoms with Crippen molar-refractivity contribution in [3.8, 4) is 0 Å². The number of aliphatic hydroxyl groups is 1. The van der Waals surface area contributed by atoms with Gasteiger partial charge in [0.25, 0.3) is 0 Å². The highest BCUT2D eigenvalue weighted by molar-refractivity contribution is 7.11. The molecular formula is C13H23N3O2S. The molecule has 0 saturated heterocycles. The summed E-state index contributed by atoms with van der Waals surface area (Å²) in [5, 5.41) is 16.4. The number of amides is 2. The van der Waals surface area contributed by atoms with Crippen LogP contribution < -0.4 is 10.6 Å². The summed E-state index contributed by atoms with van der Waals surface area (Å²) in [5.41, 5.74) is -0.00179. The van der Waals surface area contributed by atoms with E-state index in [1.165, 1.54) is 0 Å². The maximum absolute atomic E-state index is 11.6. The van der Waals surface area contributed by atoms with E-state index in [0.29, 0.717) is 6.54 Å². The molecule has 1 heterocycles. The molecule has 108 valence electrons. The third-order valence-corrected chi connectivity index (χ3v) is 4.20. The number of nitrogens with zero attached hydrogens (tertiary/aromatic N) is 1. The number of carbonyl (C=O) groups excluding carboxylic acids is 1. The molecule has 0 bridgehead atoms. The summed E-state index contributed by atoms with van der Waals surface area (Å²) in [4.78, 5) is 17.1. The maximum Gasteiger partial charge on any atom is 0.315 e. The molecule has 0 aliphatic heterocycles. The first kappa shape index (κ1) is 15.9. The van der Waals surface area contributed by atoms with Crippen molar-refractivity contribution in [2.24, 2.45) is 5.92 Å². The summed E-state index contributed by atoms with van der Waals surface area (Å²) < 4.78 is 0. The summed E-state index contributed by atoms with van der Waals surface area (Å²) in [6.45, 7) is 10.1. The molecule has 0 aliphatic rings. The van der Waals surface area contributed by atoms with Crippen LogP contribution in [0.5, 0.6) is 0 Å². The molecule has 1 rings (SSSR count). The van der Waals surface area contributed by atoms with Gasteiger partial charge in [0.15, 0.2) is 0 Å². The highest BCUT2D eigenvalue weighted by atomic mass is 32.1. The Bertz CT molecular complexity index is 441. The monoisotopic (exact) mass is 285 g/mol. The van der Waals surface area contributed by atoms with Crippen LogP contribution in [0, 0.1) is 19.8 Å². The first-order valence-electron chi connectivity index (χ1n) is 6.39. The summed E-state index contributed by atoms with van der Waals surface area (Å²) in [5.74, 6) is 0.0798. The zero-order chi connectivity index (χ0) is 14.6. The Morgan fingerprint density at radius 2 is 2.05 bits per heavy atom. The van der Waals surface area contributed by atoms with Gasteiger partial charge in [-0.2, -0.15) is 0 Å². The van der Waals surface area contributed by atoms with Gasteiger partial charge in [-0.25, -0.2) is 9.78 Å². The van der Waals surface area contributed by atoms with E-state index >= 15 is 0 Å². The third-order valence-electron chi connectivity index (χ3n) is 3.27. The van der Waals surface area contributed by atoms with E-state index in [1.807, 2.05) is 27.7 Å². The topological polar surface area (TPSA) is 74.2 Å². The number of carbonyl (C=O) groups is 1. The molecule has 3 N–H and O–H groups in total. The molecule has 2 amide bonds. The zero-order valence-corrected chi connectivity index (χ0v) is 13.0. The molecule has 0 spiro atoms. The van der Waals surface area contributed by atoms with Crippen molar-refractivity contribution < 1.29 is 9.90 Å². The number of aromatic nitrogens is 1. The summed E-state index contributed by atoms with van der Waals surface area (Å²) in [7, 11) is 0. The van der Waals surface area contributed by atoms with Gasteiger partial charge in [0.05, 0.1) is 22.8 Å². The Balaban J connectivity index is 2.39. The molecule has 1 aromatic heterocycles. The average molecular weight is 285 g/mol. The van der Waals surface area contributed by atoms with E-state index in [1.54, 1.807) is 18.3 Å². The fourth-order valence-electron chi connectivity index (χ4n) is 1.43. The SMILES string of the molecule is Cc1nc(CNC(=O)NCC(C)(O)C(C)C)c(C)s1. The molecular weight excluding hydrogens is 262 g/mol. The molecule has 6 heteroatoms. The maximum atomic E-state index is 11.6. The van der Waals surface area contributed by atoms with Crippen molar-refractivity contribution in [2.75, 3.05) is 6.54 Å². The molecule has 0 radical (unpaired) electrons. The van der Waals surface area contributed by atoms with Gasteiger partial charge < -0.3 is 15.7 Å². The Labute approximate surface area is 118 Å². The van der Waals surface area contributed by atoms with Crippen molar-refractivity contribution in [1.82, 2.24) is 15.6 Å². The van der Waals surface area contributed by atoms with Gasteiger partial charge in [-0.3, -0.25) is 0 Å². The molecule has 1 unspecified atom stereocenters. The van der Waals surface area contributed by atoms with Crippen molar-refractivity contribution in [1.29, 1.82) is 0 Å². The number of thiazole rings is 1. The average Bonchev–Trinajstić information content (AvgIpc) is 2.62. The number of aryl methyl sites for hydroxylation is 2. The van der Waals surface area contributed by atoms with Crippen LogP contribution in [0.2, 0.25) is 0 Å². The van der Waals surface area contributed by atoms with Crippen molar-refractivity contribution in [2.45, 2.75) is 46.8 Å². The number of hydrogen-bond acceptors (Lipinski definition) is 4. The first-order chi connectivity index (χ1) is 8.72. The van der Waals surface area contributed by atoms with Crippen LogP contribution in [-0.4, -0.2) is 28.3 Å². The highest BCUT2D eigenvalue weighted by Crippen LogP contribution is 2.16. The lowest BCUT2D eigenvalue weighted by Crippen LogP contribution is -2.47. The van der Waals surface area contributed by atoms with Gasteiger partial charge in [0.1, 0.15) is 0 Å². The Kier molecular flexibility index (Phi) is 5.31. The van der Waals surface area contributed by atoms with Crippen LogP contribution >= 0.6 is 11.3 Å². The molecule has 0 fully saturated rings. The van der Waals surface area contributed by atoms with Gasteiger partial charge in [0, 0.05) is 11.4 Å². The predicted octanol–water partition coefficient (Wildman–Crippen LogP) is 1.97. The number of nitrogens with one attached hydrogen (secondary N) is 2. The van der Waals surface area contributed by atoms with Gasteiger partial charge in [-0.1, -0.05) is 13.8 Å². The van der Waals surface area contributed by atoms with Crippen LogP contribution in [-0.2, 0) is 6.54 Å². The molecule has 1 aromatic rings. The largest absolute Gasteiger partial charge is 0.388 e. The molecule has 5 nitrogen and oxygen atoms in total. The van der Waals surface area contributed by atoms with E-state index in [2.05, 4.69) is 15.6 Å². The smallest absolute Gasteiger partial charge is 0.315 e. The molecule has 0 aliphatic carbocycles. The predicted molar refractivity (Wildman–Crippen MR) is 77.3 cm³/mol. The van der Waals surface area contributed by atoms with Gasteiger partial charge in [-0.05, 0) is 26.7 Å². The quantitative estimate of drug-likeness (QED) is 0.774. The van der Waals surface area contributed by atoms with E-state index in [-0.39, 0.29) is 18.5 Å². The van der Waals surface area contributed by atoms with Gasteiger partial charge in [0.2, 0.25) is 0 Å². The Hall–Kier alpha value is -1.14. The molecule has 0 aromatic carbocycles. The Morgan fingerprint density at radius 3 is 2.53 bits per heavy atom. The van der Waals surface area contributed by atoms with Crippen LogP contribution in [0.1, 0.15) is 36.3 Å². The first-order valence-corrected chi connectivity index (χ1v) is 7.21. The fourth-order valence-corrected chi connectivity index (χ4v) is 2.26. The van der Waals surface area contributed by atoms with Crippen LogP contribution in [0.25, 0.3) is 0 Å². The van der Waals surface area contributed by atoms with E-state index in [4.69, 9.17) is 0 Å². The van der Waals surface area contributed by atoms with Gasteiger partial charge >= 0.3 is 6.03 Å². The lowest BCUT2D eigenvalue weighted by molar-refractivity contribution is 0.0166. The molecule has 0 saturated carbocycles. The minimum Gasteiger partial charge on any atom is -0.388 e. The number of rotatable bonds is 5. The Morgan fingerprint density at radius 1 is 1.42 bits per heavy atom. The number of urea groups is 1. The van der Waals surface area contributed by atoms with Crippen molar-refractivity contribution >= 4 is 17.4 Å². The van der Waals surface area contributed by atoms with Crippen LogP contribution in [0.4, 0.5) is 4.79 Å². The van der Waals surface area contributed by atoms with E-state index in [9.17, 15) is 9.90 Å². The zero-order valence-electron chi connectivity index (χ0n) is 12.2. The summed E-state index contributed by atoms with van der Waals surface area (Å²) >= 11 is 1.62. The van der Waals surface area contributed by atoms with E-state index in [0.717, 1.165) is 15.6 Å². The molecule has 1 atom stereocenters. The summed E-state index contributed by atoms with van der Waals surface area (Å²) in [6, 6.07) is -0.286. The normalized spacial score (nSPS) is 14.3. The van der Waals surface area contributed by atoms with Gasteiger partial charge in [-0.15, -0.1) is 11.3 Å². The highest BCUT2D eigenvalue weighted by Gasteiger charge is 2.25. The summed E-state index contributed by atoms with van der Waals surface area (Å²) in [6.07, 6.45) is 0. The standard InChI is InChI=1S/C13H23N3O2S/c1-8(2)13(5,18)7-15-12(17)14-6-11-9(3)19-10(4)16-11/h8,18H,6-7H2,1-5H3,(H2,14,15,17). The van der Waals surface area contributed by atoms with Crippen LogP contribution in [0.3, 0.4) is 0 Å². The second-order valence-corrected chi connectivity index (χ2v) is 6.69. The lowest BCUT2D eigenvalue weighted by Gasteiger charge is -2.27. The van der Waals surface area contributed by atoms with Crippen molar-refractivity contribution in [3.63, 3.8) is 0 Å².